The maximum atomic E-state index is 13.1. The van der Waals surface area contributed by atoms with Crippen LogP contribution in [0.15, 0.2) is 48.8 Å². The predicted molar refractivity (Wildman–Crippen MR) is 108 cm³/mol. The fraction of sp³-hybridized carbons (Fsp3) is 0.273. The van der Waals surface area contributed by atoms with Gasteiger partial charge in [-0.1, -0.05) is 12.1 Å². The zero-order valence-electron chi connectivity index (χ0n) is 16.2. The molecule has 3 heterocycles. The monoisotopic (exact) mass is 391 g/mol. The van der Waals surface area contributed by atoms with E-state index in [1.807, 2.05) is 24.0 Å². The molecule has 0 bridgehead atoms. The van der Waals surface area contributed by atoms with Crippen molar-refractivity contribution in [2.45, 2.75) is 25.7 Å². The van der Waals surface area contributed by atoms with Crippen LogP contribution in [0.3, 0.4) is 0 Å². The fourth-order valence-electron chi connectivity index (χ4n) is 3.67. The zero-order chi connectivity index (χ0) is 20.4. The Hall–Kier alpha value is -3.35. The molecule has 4 rings (SSSR count). The molecule has 0 radical (unpaired) electrons. The fourth-order valence-corrected chi connectivity index (χ4v) is 3.67. The van der Waals surface area contributed by atoms with Crippen molar-refractivity contribution in [2.24, 2.45) is 0 Å². The maximum Gasteiger partial charge on any atom is 0.227 e. The Labute approximate surface area is 168 Å². The van der Waals surface area contributed by atoms with Crippen molar-refractivity contribution in [3.05, 3.63) is 71.6 Å². The van der Waals surface area contributed by atoms with Gasteiger partial charge >= 0.3 is 0 Å². The largest absolute Gasteiger partial charge is 0.368 e. The second-order valence-electron chi connectivity index (χ2n) is 7.38. The van der Waals surface area contributed by atoms with E-state index in [1.54, 1.807) is 24.5 Å². The Kier molecular flexibility index (Phi) is 5.20. The summed E-state index contributed by atoms with van der Waals surface area (Å²) in [5.74, 6) is 0.181. The van der Waals surface area contributed by atoms with Crippen molar-refractivity contribution < 1.29 is 9.18 Å². The summed E-state index contributed by atoms with van der Waals surface area (Å²) in [5, 5.41) is 0. The van der Waals surface area contributed by atoms with Crippen LogP contribution in [0.2, 0.25) is 0 Å². The minimum Gasteiger partial charge on any atom is -0.368 e. The quantitative estimate of drug-likeness (QED) is 0.739. The van der Waals surface area contributed by atoms with Crippen LogP contribution in [0.5, 0.6) is 0 Å². The summed E-state index contributed by atoms with van der Waals surface area (Å²) < 4.78 is 13.1. The summed E-state index contributed by atoms with van der Waals surface area (Å²) in [6.45, 7) is 3.28. The van der Waals surface area contributed by atoms with Crippen LogP contribution in [0.4, 0.5) is 10.3 Å². The molecule has 1 saturated heterocycles. The van der Waals surface area contributed by atoms with Gasteiger partial charge in [0.15, 0.2) is 0 Å². The second-order valence-corrected chi connectivity index (χ2v) is 7.38. The smallest absolute Gasteiger partial charge is 0.227 e. The number of halogens is 1. The number of nitrogen functional groups attached to an aromatic ring is 1. The van der Waals surface area contributed by atoms with Gasteiger partial charge in [-0.15, -0.1) is 0 Å². The average Bonchev–Trinajstić information content (AvgIpc) is 3.20. The molecule has 1 fully saturated rings. The standard InChI is InChI=1S/C22H22FN5O/c1-14-8-17(18-11-25-22(24)26-12-18)10-20(27-14)16-6-7-28(13-16)21(29)9-15-2-4-19(23)5-3-15/h2-5,8,10-12,16H,6-7,9,13H2,1H3,(H2,24,25,26). The normalized spacial score (nSPS) is 16.2. The summed E-state index contributed by atoms with van der Waals surface area (Å²) >= 11 is 0. The average molecular weight is 391 g/mol. The number of nitrogens with two attached hydrogens (primary N) is 1. The number of hydrogen-bond donors (Lipinski definition) is 1. The molecule has 3 aromatic rings. The van der Waals surface area contributed by atoms with E-state index in [2.05, 4.69) is 9.97 Å². The first-order chi connectivity index (χ1) is 14.0. The van der Waals surface area contributed by atoms with Crippen molar-refractivity contribution in [2.75, 3.05) is 18.8 Å². The van der Waals surface area contributed by atoms with E-state index >= 15 is 0 Å². The van der Waals surface area contributed by atoms with Gasteiger partial charge in [0.2, 0.25) is 11.9 Å². The molecule has 2 aromatic heterocycles. The van der Waals surface area contributed by atoms with E-state index in [1.165, 1.54) is 12.1 Å². The molecular weight excluding hydrogens is 369 g/mol. The van der Waals surface area contributed by atoms with Crippen molar-refractivity contribution in [1.29, 1.82) is 0 Å². The molecule has 0 spiro atoms. The van der Waals surface area contributed by atoms with Gasteiger partial charge in [0, 0.05) is 48.4 Å². The number of carbonyl (C=O) groups is 1. The van der Waals surface area contributed by atoms with Gasteiger partial charge in [0.05, 0.1) is 6.42 Å². The van der Waals surface area contributed by atoms with Crippen molar-refractivity contribution >= 4 is 11.9 Å². The van der Waals surface area contributed by atoms with Gasteiger partial charge in [-0.2, -0.15) is 0 Å². The van der Waals surface area contributed by atoms with Gasteiger partial charge < -0.3 is 10.6 Å². The summed E-state index contributed by atoms with van der Waals surface area (Å²) in [7, 11) is 0. The number of likely N-dealkylation sites (tertiary alicyclic amines) is 1. The van der Waals surface area contributed by atoms with E-state index in [0.717, 1.165) is 34.5 Å². The number of amides is 1. The molecule has 0 saturated carbocycles. The van der Waals surface area contributed by atoms with Crippen LogP contribution in [0, 0.1) is 12.7 Å². The Morgan fingerprint density at radius 3 is 2.62 bits per heavy atom. The molecule has 1 unspecified atom stereocenters. The number of nitrogens with zero attached hydrogens (tertiary/aromatic N) is 4. The molecule has 1 atom stereocenters. The molecule has 7 heteroatoms. The number of hydrogen-bond acceptors (Lipinski definition) is 5. The molecular formula is C22H22FN5O. The summed E-state index contributed by atoms with van der Waals surface area (Å²) in [5.41, 5.74) is 10.1. The Balaban J connectivity index is 1.47. The third-order valence-corrected chi connectivity index (χ3v) is 5.21. The Morgan fingerprint density at radius 1 is 1.17 bits per heavy atom. The Morgan fingerprint density at radius 2 is 1.90 bits per heavy atom. The van der Waals surface area contributed by atoms with E-state index < -0.39 is 0 Å². The van der Waals surface area contributed by atoms with Crippen LogP contribution in [0.1, 0.15) is 29.3 Å². The number of carbonyl (C=O) groups excluding carboxylic acids is 1. The first kappa shape index (κ1) is 19.0. The van der Waals surface area contributed by atoms with Crippen LogP contribution < -0.4 is 5.73 Å². The van der Waals surface area contributed by atoms with Crippen molar-refractivity contribution in [1.82, 2.24) is 19.9 Å². The number of anilines is 1. The molecule has 1 aliphatic heterocycles. The van der Waals surface area contributed by atoms with E-state index in [0.29, 0.717) is 13.1 Å². The SMILES string of the molecule is Cc1cc(-c2cnc(N)nc2)cc(C2CCN(C(=O)Cc3ccc(F)cc3)C2)n1. The van der Waals surface area contributed by atoms with Gasteiger partial charge in [-0.05, 0) is 48.7 Å². The van der Waals surface area contributed by atoms with Crippen molar-refractivity contribution in [3.8, 4) is 11.1 Å². The third kappa shape index (κ3) is 4.39. The van der Waals surface area contributed by atoms with Crippen LogP contribution in [-0.4, -0.2) is 38.8 Å². The molecule has 2 N–H and O–H groups in total. The molecule has 1 aromatic carbocycles. The second kappa shape index (κ2) is 7.95. The molecule has 148 valence electrons. The van der Waals surface area contributed by atoms with Gasteiger partial charge in [0.1, 0.15) is 5.82 Å². The topological polar surface area (TPSA) is 85.0 Å². The maximum absolute atomic E-state index is 13.1. The van der Waals surface area contributed by atoms with Crippen LogP contribution in [-0.2, 0) is 11.2 Å². The van der Waals surface area contributed by atoms with Gasteiger partial charge in [-0.3, -0.25) is 9.78 Å². The van der Waals surface area contributed by atoms with E-state index in [-0.39, 0.29) is 30.0 Å². The first-order valence-electron chi connectivity index (χ1n) is 9.56. The van der Waals surface area contributed by atoms with Gasteiger partial charge in [-0.25, -0.2) is 14.4 Å². The minimum absolute atomic E-state index is 0.0546. The molecule has 1 amide bonds. The predicted octanol–water partition coefficient (Wildman–Crippen LogP) is 3.13. The van der Waals surface area contributed by atoms with E-state index in [4.69, 9.17) is 10.7 Å². The van der Waals surface area contributed by atoms with Crippen LogP contribution in [0.25, 0.3) is 11.1 Å². The number of benzene rings is 1. The summed E-state index contributed by atoms with van der Waals surface area (Å²) in [6.07, 6.45) is 4.55. The van der Waals surface area contributed by atoms with E-state index in [9.17, 15) is 9.18 Å². The lowest BCUT2D eigenvalue weighted by atomic mass is 10.00. The number of pyridine rings is 1. The minimum atomic E-state index is -0.296. The lowest BCUT2D eigenvalue weighted by Crippen LogP contribution is -2.30. The number of aromatic nitrogens is 3. The Bertz CT molecular complexity index is 1020. The van der Waals surface area contributed by atoms with Crippen molar-refractivity contribution in [3.63, 3.8) is 0 Å². The van der Waals surface area contributed by atoms with Gasteiger partial charge in [0.25, 0.3) is 0 Å². The molecule has 29 heavy (non-hydrogen) atoms. The van der Waals surface area contributed by atoms with Crippen LogP contribution >= 0.6 is 0 Å². The lowest BCUT2D eigenvalue weighted by molar-refractivity contribution is -0.129. The molecule has 6 nitrogen and oxygen atoms in total. The molecule has 1 aliphatic rings. The summed E-state index contributed by atoms with van der Waals surface area (Å²) in [6, 6.07) is 10.1. The highest BCUT2D eigenvalue weighted by molar-refractivity contribution is 5.79. The first-order valence-corrected chi connectivity index (χ1v) is 9.56. The zero-order valence-corrected chi connectivity index (χ0v) is 16.2. The molecule has 0 aliphatic carbocycles. The highest BCUT2D eigenvalue weighted by Gasteiger charge is 2.28. The lowest BCUT2D eigenvalue weighted by Gasteiger charge is -2.17. The highest BCUT2D eigenvalue weighted by Crippen LogP contribution is 2.30. The highest BCUT2D eigenvalue weighted by atomic mass is 19.1. The summed E-state index contributed by atoms with van der Waals surface area (Å²) in [4.78, 5) is 27.3. The number of rotatable bonds is 4. The third-order valence-electron chi connectivity index (χ3n) is 5.21. The number of aryl methyl sites for hydroxylation is 1.